The molecule has 1 amide bonds. The third-order valence-corrected chi connectivity index (χ3v) is 2.50. The van der Waals surface area contributed by atoms with E-state index in [1.165, 1.54) is 25.3 Å². The molecule has 0 bridgehead atoms. The Morgan fingerprint density at radius 2 is 2.11 bits per heavy atom. The Balaban J connectivity index is 2.51. The Morgan fingerprint density at radius 3 is 2.68 bits per heavy atom. The van der Waals surface area contributed by atoms with Gasteiger partial charge in [-0.3, -0.25) is 14.5 Å². The molecule has 1 rings (SSSR count). The maximum Gasteiger partial charge on any atom is 0.319 e. The highest BCUT2D eigenvalue weighted by atomic mass is 19.1. The van der Waals surface area contributed by atoms with Crippen LogP contribution in [0.5, 0.6) is 0 Å². The molecule has 0 unspecified atom stereocenters. The third-order valence-electron chi connectivity index (χ3n) is 2.50. The van der Waals surface area contributed by atoms with Crippen molar-refractivity contribution < 1.29 is 18.7 Å². The van der Waals surface area contributed by atoms with Crippen LogP contribution in [0.1, 0.15) is 6.92 Å². The van der Waals surface area contributed by atoms with Crippen molar-refractivity contribution in [2.45, 2.75) is 6.92 Å². The molecule has 0 aliphatic carbocycles. The van der Waals surface area contributed by atoms with Gasteiger partial charge in [0.05, 0.1) is 20.2 Å². The summed E-state index contributed by atoms with van der Waals surface area (Å²) >= 11 is 0. The topological polar surface area (TPSA) is 58.6 Å². The molecule has 0 radical (unpaired) electrons. The van der Waals surface area contributed by atoms with Crippen molar-refractivity contribution in [2.24, 2.45) is 0 Å². The van der Waals surface area contributed by atoms with Gasteiger partial charge < -0.3 is 10.1 Å². The largest absolute Gasteiger partial charge is 0.468 e. The standard InChI is InChI=1S/C13H17FN2O3/c1-3-16(9-13(18)19-2)8-12(17)15-11-6-4-5-10(14)7-11/h4-7H,3,8-9H2,1-2H3,(H,15,17). The number of nitrogens with zero attached hydrogens (tertiary/aromatic N) is 1. The molecule has 104 valence electrons. The van der Waals surface area contributed by atoms with Gasteiger partial charge in [-0.1, -0.05) is 13.0 Å². The summed E-state index contributed by atoms with van der Waals surface area (Å²) in [6.07, 6.45) is 0. The van der Waals surface area contributed by atoms with Crippen LogP contribution in [0.2, 0.25) is 0 Å². The molecular weight excluding hydrogens is 251 g/mol. The Kier molecular flexibility index (Phi) is 5.95. The van der Waals surface area contributed by atoms with Gasteiger partial charge in [-0.15, -0.1) is 0 Å². The molecule has 1 aromatic carbocycles. The Morgan fingerprint density at radius 1 is 1.37 bits per heavy atom. The quantitative estimate of drug-likeness (QED) is 0.789. The van der Waals surface area contributed by atoms with Crippen LogP contribution in [0.3, 0.4) is 0 Å². The van der Waals surface area contributed by atoms with E-state index in [-0.39, 0.29) is 19.0 Å². The minimum Gasteiger partial charge on any atom is -0.468 e. The van der Waals surface area contributed by atoms with E-state index in [4.69, 9.17) is 0 Å². The zero-order valence-corrected chi connectivity index (χ0v) is 11.0. The molecule has 0 aromatic heterocycles. The number of halogens is 1. The number of anilines is 1. The van der Waals surface area contributed by atoms with E-state index in [1.54, 1.807) is 11.0 Å². The summed E-state index contributed by atoms with van der Waals surface area (Å²) in [5, 5.41) is 2.57. The second-order valence-electron chi connectivity index (χ2n) is 3.94. The van der Waals surface area contributed by atoms with Crippen LogP contribution in [0.15, 0.2) is 24.3 Å². The molecule has 0 spiro atoms. The number of carbonyl (C=O) groups is 2. The maximum absolute atomic E-state index is 12.9. The third kappa shape index (κ3) is 5.48. The molecule has 6 heteroatoms. The van der Waals surface area contributed by atoms with Crippen LogP contribution < -0.4 is 5.32 Å². The summed E-state index contributed by atoms with van der Waals surface area (Å²) < 4.78 is 17.5. The monoisotopic (exact) mass is 268 g/mol. The van der Waals surface area contributed by atoms with Crippen molar-refractivity contribution >= 4 is 17.6 Å². The van der Waals surface area contributed by atoms with E-state index in [0.29, 0.717) is 12.2 Å². The van der Waals surface area contributed by atoms with Gasteiger partial charge in [0.1, 0.15) is 5.82 Å². The van der Waals surface area contributed by atoms with Crippen molar-refractivity contribution in [1.82, 2.24) is 4.90 Å². The van der Waals surface area contributed by atoms with Gasteiger partial charge >= 0.3 is 5.97 Å². The molecule has 0 atom stereocenters. The molecule has 0 heterocycles. The average Bonchev–Trinajstić information content (AvgIpc) is 2.37. The molecule has 19 heavy (non-hydrogen) atoms. The molecule has 5 nitrogen and oxygen atoms in total. The van der Waals surface area contributed by atoms with Crippen LogP contribution >= 0.6 is 0 Å². The van der Waals surface area contributed by atoms with Gasteiger partial charge in [-0.05, 0) is 24.7 Å². The van der Waals surface area contributed by atoms with Crippen LogP contribution in [-0.4, -0.2) is 43.5 Å². The summed E-state index contributed by atoms with van der Waals surface area (Å²) in [5.74, 6) is -1.13. The average molecular weight is 268 g/mol. The van der Waals surface area contributed by atoms with Gasteiger partial charge in [0, 0.05) is 5.69 Å². The number of methoxy groups -OCH3 is 1. The van der Waals surface area contributed by atoms with Gasteiger partial charge in [-0.25, -0.2) is 4.39 Å². The lowest BCUT2D eigenvalue weighted by Crippen LogP contribution is -2.37. The molecule has 0 aliphatic rings. The predicted molar refractivity (Wildman–Crippen MR) is 69.2 cm³/mol. The maximum atomic E-state index is 12.9. The number of likely N-dealkylation sites (N-methyl/N-ethyl adjacent to an activating group) is 1. The molecule has 0 saturated heterocycles. The van der Waals surface area contributed by atoms with Crippen LogP contribution in [0.25, 0.3) is 0 Å². The predicted octanol–water partition coefficient (Wildman–Crippen LogP) is 1.26. The van der Waals surface area contributed by atoms with Gasteiger partial charge in [0.25, 0.3) is 0 Å². The Bertz CT molecular complexity index is 451. The van der Waals surface area contributed by atoms with Gasteiger partial charge in [0.2, 0.25) is 5.91 Å². The first-order valence-electron chi connectivity index (χ1n) is 5.89. The smallest absolute Gasteiger partial charge is 0.319 e. The summed E-state index contributed by atoms with van der Waals surface area (Å²) in [4.78, 5) is 24.5. The zero-order valence-electron chi connectivity index (χ0n) is 11.0. The highest BCUT2D eigenvalue weighted by Crippen LogP contribution is 2.08. The minimum absolute atomic E-state index is 0.0438. The second-order valence-corrected chi connectivity index (χ2v) is 3.94. The number of hydrogen-bond acceptors (Lipinski definition) is 4. The first-order valence-corrected chi connectivity index (χ1v) is 5.89. The number of benzene rings is 1. The summed E-state index contributed by atoms with van der Waals surface area (Å²) in [7, 11) is 1.29. The van der Waals surface area contributed by atoms with Crippen molar-refractivity contribution in [2.75, 3.05) is 32.1 Å². The first kappa shape index (κ1) is 15.1. The normalized spacial score (nSPS) is 10.3. The fraction of sp³-hybridized carbons (Fsp3) is 0.385. The highest BCUT2D eigenvalue weighted by Gasteiger charge is 2.13. The second kappa shape index (κ2) is 7.48. The number of amides is 1. The lowest BCUT2D eigenvalue weighted by atomic mass is 10.3. The van der Waals surface area contributed by atoms with Crippen LogP contribution in [0.4, 0.5) is 10.1 Å². The zero-order chi connectivity index (χ0) is 14.3. The molecule has 0 fully saturated rings. The SMILES string of the molecule is CCN(CC(=O)Nc1cccc(F)c1)CC(=O)OC. The van der Waals surface area contributed by atoms with Gasteiger partial charge in [-0.2, -0.15) is 0 Å². The number of ether oxygens (including phenoxy) is 1. The summed E-state index contributed by atoms with van der Waals surface area (Å²) in [5.41, 5.74) is 0.388. The number of esters is 1. The van der Waals surface area contributed by atoms with E-state index in [0.717, 1.165) is 0 Å². The fourth-order valence-electron chi connectivity index (χ4n) is 1.50. The van der Waals surface area contributed by atoms with E-state index in [9.17, 15) is 14.0 Å². The molecule has 1 aromatic rings. The Hall–Kier alpha value is -1.95. The van der Waals surface area contributed by atoms with Crippen LogP contribution in [-0.2, 0) is 14.3 Å². The highest BCUT2D eigenvalue weighted by molar-refractivity contribution is 5.92. The molecule has 1 N–H and O–H groups in total. The van der Waals surface area contributed by atoms with Crippen molar-refractivity contribution in [3.05, 3.63) is 30.1 Å². The lowest BCUT2D eigenvalue weighted by Gasteiger charge is -2.18. The first-order chi connectivity index (χ1) is 9.05. The van der Waals surface area contributed by atoms with E-state index in [1.807, 2.05) is 6.92 Å². The number of nitrogens with one attached hydrogen (secondary N) is 1. The molecular formula is C13H17FN2O3. The summed E-state index contributed by atoms with van der Waals surface area (Å²) in [6.45, 7) is 2.45. The van der Waals surface area contributed by atoms with E-state index >= 15 is 0 Å². The van der Waals surface area contributed by atoms with Crippen molar-refractivity contribution in [3.63, 3.8) is 0 Å². The van der Waals surface area contributed by atoms with E-state index in [2.05, 4.69) is 10.1 Å². The lowest BCUT2D eigenvalue weighted by molar-refractivity contribution is -0.142. The summed E-state index contributed by atoms with van der Waals surface area (Å²) in [6, 6.07) is 5.63. The fourth-order valence-corrected chi connectivity index (χ4v) is 1.50. The van der Waals surface area contributed by atoms with Crippen LogP contribution in [0, 0.1) is 5.82 Å². The Labute approximate surface area is 111 Å². The number of carbonyl (C=O) groups excluding carboxylic acids is 2. The van der Waals surface area contributed by atoms with Crippen molar-refractivity contribution in [3.8, 4) is 0 Å². The molecule has 0 saturated carbocycles. The van der Waals surface area contributed by atoms with E-state index < -0.39 is 11.8 Å². The van der Waals surface area contributed by atoms with Gasteiger partial charge in [0.15, 0.2) is 0 Å². The number of rotatable bonds is 6. The van der Waals surface area contributed by atoms with Crippen molar-refractivity contribution in [1.29, 1.82) is 0 Å². The molecule has 0 aliphatic heterocycles. The number of hydrogen-bond donors (Lipinski definition) is 1. The minimum atomic E-state index is -0.417.